The average Bonchev–Trinajstić information content (AvgIpc) is 3.11. The number of methoxy groups -OCH3 is 2. The molecule has 28 heavy (non-hydrogen) atoms. The fourth-order valence-electron chi connectivity index (χ4n) is 2.52. The van der Waals surface area contributed by atoms with Crippen LogP contribution in [0.3, 0.4) is 0 Å². The van der Waals surface area contributed by atoms with Gasteiger partial charge in [0, 0.05) is 17.1 Å². The molecule has 1 heterocycles. The highest BCUT2D eigenvalue weighted by molar-refractivity contribution is 7.15. The number of nitrogens with one attached hydrogen (secondary N) is 2. The van der Waals surface area contributed by atoms with E-state index in [1.54, 1.807) is 26.4 Å². The van der Waals surface area contributed by atoms with Crippen LogP contribution in [0.2, 0.25) is 5.02 Å². The van der Waals surface area contributed by atoms with Gasteiger partial charge in [-0.1, -0.05) is 35.1 Å². The van der Waals surface area contributed by atoms with Gasteiger partial charge in [0.05, 0.1) is 14.2 Å². The molecule has 0 bridgehead atoms. The lowest BCUT2D eigenvalue weighted by atomic mass is 10.1. The highest BCUT2D eigenvalue weighted by Gasteiger charge is 2.11. The van der Waals surface area contributed by atoms with Crippen LogP contribution in [0.4, 0.5) is 15.6 Å². The van der Waals surface area contributed by atoms with Crippen LogP contribution in [-0.4, -0.2) is 30.4 Å². The van der Waals surface area contributed by atoms with E-state index in [2.05, 4.69) is 20.8 Å². The molecule has 0 aliphatic rings. The van der Waals surface area contributed by atoms with Gasteiger partial charge in [-0.05, 0) is 42.3 Å². The van der Waals surface area contributed by atoms with Gasteiger partial charge in [0.15, 0.2) is 11.5 Å². The van der Waals surface area contributed by atoms with Crippen LogP contribution in [0, 0.1) is 6.92 Å². The third-order valence-corrected chi connectivity index (χ3v) is 5.01. The summed E-state index contributed by atoms with van der Waals surface area (Å²) in [5.74, 6) is 1.32. The minimum atomic E-state index is -0.404. The number of carbonyl (C=O) groups is 1. The first-order valence-electron chi connectivity index (χ1n) is 8.36. The van der Waals surface area contributed by atoms with Crippen molar-refractivity contribution < 1.29 is 14.3 Å². The number of aryl methyl sites for hydroxylation is 1. The third kappa shape index (κ3) is 4.90. The fourth-order valence-corrected chi connectivity index (χ4v) is 3.46. The zero-order chi connectivity index (χ0) is 20.1. The van der Waals surface area contributed by atoms with E-state index >= 15 is 0 Å². The molecule has 2 aromatic carbocycles. The Balaban J connectivity index is 1.64. The third-order valence-electron chi connectivity index (χ3n) is 3.94. The van der Waals surface area contributed by atoms with E-state index < -0.39 is 6.03 Å². The van der Waals surface area contributed by atoms with Crippen molar-refractivity contribution in [2.24, 2.45) is 0 Å². The monoisotopic (exact) mass is 418 g/mol. The first-order valence-corrected chi connectivity index (χ1v) is 9.55. The zero-order valence-corrected chi connectivity index (χ0v) is 17.1. The molecule has 0 aliphatic heterocycles. The molecule has 0 radical (unpaired) electrons. The van der Waals surface area contributed by atoms with E-state index in [9.17, 15) is 4.79 Å². The Hall–Kier alpha value is -2.84. The zero-order valence-electron chi connectivity index (χ0n) is 15.6. The average molecular weight is 419 g/mol. The molecule has 2 amide bonds. The van der Waals surface area contributed by atoms with Crippen LogP contribution >= 0.6 is 22.9 Å². The number of aromatic nitrogens is 2. The fraction of sp³-hybridized carbons (Fsp3) is 0.211. The summed E-state index contributed by atoms with van der Waals surface area (Å²) in [6.45, 7) is 1.89. The molecule has 0 unspecified atom stereocenters. The number of hydrogen-bond acceptors (Lipinski definition) is 6. The molecule has 0 fully saturated rings. The molecule has 2 N–H and O–H groups in total. The summed E-state index contributed by atoms with van der Waals surface area (Å²) in [6, 6.07) is 10.6. The van der Waals surface area contributed by atoms with Crippen LogP contribution in [0.5, 0.6) is 11.5 Å². The van der Waals surface area contributed by atoms with Crippen LogP contribution in [0.1, 0.15) is 16.1 Å². The highest BCUT2D eigenvalue weighted by atomic mass is 35.5. The lowest BCUT2D eigenvalue weighted by Crippen LogP contribution is -2.19. The van der Waals surface area contributed by atoms with Crippen molar-refractivity contribution in [3.8, 4) is 11.5 Å². The Bertz CT molecular complexity index is 993. The first kappa shape index (κ1) is 19.9. The van der Waals surface area contributed by atoms with Crippen LogP contribution in [0.15, 0.2) is 36.4 Å². The molecule has 3 rings (SSSR count). The van der Waals surface area contributed by atoms with Crippen molar-refractivity contribution in [1.82, 2.24) is 10.2 Å². The standard InChI is InChI=1S/C19H19ClN4O3S/c1-11-4-6-13(20)10-14(11)21-18(25)22-19-24-23-17(28-19)9-12-5-7-15(26-2)16(8-12)27-3/h4-8,10H,9H2,1-3H3,(H2,21,22,24,25). The van der Waals surface area contributed by atoms with Crippen LogP contribution in [-0.2, 0) is 6.42 Å². The van der Waals surface area contributed by atoms with Crippen molar-refractivity contribution in [3.05, 3.63) is 57.6 Å². The number of anilines is 2. The molecule has 1 aromatic heterocycles. The van der Waals surface area contributed by atoms with Gasteiger partial charge in [-0.3, -0.25) is 5.32 Å². The van der Waals surface area contributed by atoms with Crippen molar-refractivity contribution >= 4 is 39.8 Å². The number of halogens is 1. The predicted octanol–water partition coefficient (Wildman–Crippen LogP) is 4.75. The molecule has 9 heteroatoms. The Morgan fingerprint density at radius 3 is 2.61 bits per heavy atom. The van der Waals surface area contributed by atoms with Gasteiger partial charge in [-0.2, -0.15) is 0 Å². The van der Waals surface area contributed by atoms with E-state index in [4.69, 9.17) is 21.1 Å². The van der Waals surface area contributed by atoms with E-state index in [0.717, 1.165) is 16.1 Å². The second-order valence-corrected chi connectivity index (χ2v) is 7.40. The second-order valence-electron chi connectivity index (χ2n) is 5.91. The van der Waals surface area contributed by atoms with Crippen molar-refractivity contribution in [2.75, 3.05) is 24.9 Å². The molecule has 0 aliphatic carbocycles. The predicted molar refractivity (Wildman–Crippen MR) is 111 cm³/mol. The van der Waals surface area contributed by atoms with Gasteiger partial charge in [-0.15, -0.1) is 10.2 Å². The number of hydrogen-bond donors (Lipinski definition) is 2. The molecule has 0 atom stereocenters. The largest absolute Gasteiger partial charge is 0.493 e. The Labute approximate surface area is 171 Å². The summed E-state index contributed by atoms with van der Waals surface area (Å²) in [5.41, 5.74) is 2.55. The van der Waals surface area contributed by atoms with Crippen molar-refractivity contribution in [2.45, 2.75) is 13.3 Å². The highest BCUT2D eigenvalue weighted by Crippen LogP contribution is 2.29. The summed E-state index contributed by atoms with van der Waals surface area (Å²) < 4.78 is 10.6. The number of benzene rings is 2. The first-order chi connectivity index (χ1) is 13.5. The van der Waals surface area contributed by atoms with Gasteiger partial charge in [-0.25, -0.2) is 4.79 Å². The Kier molecular flexibility index (Phi) is 6.33. The number of carbonyl (C=O) groups excluding carboxylic acids is 1. The van der Waals surface area contributed by atoms with Gasteiger partial charge in [0.25, 0.3) is 0 Å². The van der Waals surface area contributed by atoms with E-state index in [0.29, 0.717) is 33.8 Å². The summed E-state index contributed by atoms with van der Waals surface area (Å²) in [5, 5.41) is 15.3. The molecule has 7 nitrogen and oxygen atoms in total. The lowest BCUT2D eigenvalue weighted by molar-refractivity contribution is 0.262. The van der Waals surface area contributed by atoms with E-state index in [-0.39, 0.29) is 0 Å². The maximum atomic E-state index is 12.2. The van der Waals surface area contributed by atoms with Gasteiger partial charge < -0.3 is 14.8 Å². The maximum absolute atomic E-state index is 12.2. The minimum Gasteiger partial charge on any atom is -0.493 e. The van der Waals surface area contributed by atoms with Gasteiger partial charge >= 0.3 is 6.03 Å². The van der Waals surface area contributed by atoms with Crippen LogP contribution in [0.25, 0.3) is 0 Å². The summed E-state index contributed by atoms with van der Waals surface area (Å²) in [4.78, 5) is 12.2. The van der Waals surface area contributed by atoms with Crippen LogP contribution < -0.4 is 20.1 Å². The number of nitrogens with zero attached hydrogens (tertiary/aromatic N) is 2. The second kappa shape index (κ2) is 8.90. The lowest BCUT2D eigenvalue weighted by Gasteiger charge is -2.08. The molecule has 3 aromatic rings. The number of urea groups is 1. The number of rotatable bonds is 6. The van der Waals surface area contributed by atoms with Crippen molar-refractivity contribution in [1.29, 1.82) is 0 Å². The molecule has 0 spiro atoms. The molecule has 146 valence electrons. The van der Waals surface area contributed by atoms with Gasteiger partial charge in [0.2, 0.25) is 5.13 Å². The quantitative estimate of drug-likeness (QED) is 0.603. The molecular weight excluding hydrogens is 400 g/mol. The Morgan fingerprint density at radius 1 is 1.07 bits per heavy atom. The molecular formula is C19H19ClN4O3S. The maximum Gasteiger partial charge on any atom is 0.325 e. The SMILES string of the molecule is COc1ccc(Cc2nnc(NC(=O)Nc3cc(Cl)ccc3C)s2)cc1OC. The normalized spacial score (nSPS) is 10.4. The van der Waals surface area contributed by atoms with E-state index in [1.807, 2.05) is 31.2 Å². The molecule has 0 saturated heterocycles. The van der Waals surface area contributed by atoms with E-state index in [1.165, 1.54) is 11.3 Å². The van der Waals surface area contributed by atoms with Crippen molar-refractivity contribution in [3.63, 3.8) is 0 Å². The topological polar surface area (TPSA) is 85.4 Å². The number of amides is 2. The Morgan fingerprint density at radius 2 is 1.86 bits per heavy atom. The summed E-state index contributed by atoms with van der Waals surface area (Å²) in [7, 11) is 3.19. The molecule has 0 saturated carbocycles. The minimum absolute atomic E-state index is 0.404. The smallest absolute Gasteiger partial charge is 0.325 e. The number of ether oxygens (including phenoxy) is 2. The summed E-state index contributed by atoms with van der Waals surface area (Å²) in [6.07, 6.45) is 0.564. The summed E-state index contributed by atoms with van der Waals surface area (Å²) >= 11 is 7.28. The van der Waals surface area contributed by atoms with Gasteiger partial charge in [0.1, 0.15) is 5.01 Å².